The molecule has 0 fully saturated rings. The maximum atomic E-state index is 5.34. The van der Waals surface area contributed by atoms with E-state index in [0.717, 1.165) is 25.4 Å². The van der Waals surface area contributed by atoms with Crippen molar-refractivity contribution in [3.63, 3.8) is 0 Å². The highest BCUT2D eigenvalue weighted by Crippen LogP contribution is 2.17. The summed E-state index contributed by atoms with van der Waals surface area (Å²) in [5, 5.41) is 11.5. The van der Waals surface area contributed by atoms with E-state index in [1.165, 1.54) is 5.69 Å². The molecule has 1 aromatic heterocycles. The molecule has 0 bridgehead atoms. The standard InChI is InChI=1S/C11H22N4O/c1-5-16-7-6-15-11(9(2)3)10(8-12-4)13-14-15/h9,12H,5-8H2,1-4H3. The van der Waals surface area contributed by atoms with Crippen LogP contribution in [0.3, 0.4) is 0 Å². The van der Waals surface area contributed by atoms with E-state index in [-0.39, 0.29) is 0 Å². The van der Waals surface area contributed by atoms with Crippen molar-refractivity contribution < 1.29 is 4.74 Å². The molecule has 0 saturated carbocycles. The van der Waals surface area contributed by atoms with Crippen molar-refractivity contribution in [2.24, 2.45) is 0 Å². The molecule has 92 valence electrons. The Morgan fingerprint density at radius 3 is 2.75 bits per heavy atom. The quantitative estimate of drug-likeness (QED) is 0.709. The van der Waals surface area contributed by atoms with Crippen molar-refractivity contribution in [2.75, 3.05) is 20.3 Å². The zero-order valence-corrected chi connectivity index (χ0v) is 10.7. The Morgan fingerprint density at radius 1 is 1.44 bits per heavy atom. The largest absolute Gasteiger partial charge is 0.380 e. The van der Waals surface area contributed by atoms with Gasteiger partial charge in [-0.1, -0.05) is 19.1 Å². The molecule has 0 unspecified atom stereocenters. The minimum absolute atomic E-state index is 0.431. The van der Waals surface area contributed by atoms with Crippen molar-refractivity contribution in [1.29, 1.82) is 0 Å². The molecule has 0 aliphatic heterocycles. The van der Waals surface area contributed by atoms with Gasteiger partial charge in [-0.25, -0.2) is 4.68 Å². The molecule has 0 amide bonds. The zero-order chi connectivity index (χ0) is 12.0. The van der Waals surface area contributed by atoms with Crippen LogP contribution in [0.2, 0.25) is 0 Å². The average molecular weight is 226 g/mol. The molecule has 1 heterocycles. The van der Waals surface area contributed by atoms with Crippen LogP contribution in [0, 0.1) is 0 Å². The smallest absolute Gasteiger partial charge is 0.0999 e. The molecule has 16 heavy (non-hydrogen) atoms. The Kier molecular flexibility index (Phi) is 5.42. The van der Waals surface area contributed by atoms with Gasteiger partial charge in [-0.3, -0.25) is 0 Å². The molecule has 0 aromatic carbocycles. The van der Waals surface area contributed by atoms with Crippen LogP contribution in [0.5, 0.6) is 0 Å². The van der Waals surface area contributed by atoms with E-state index >= 15 is 0 Å². The van der Waals surface area contributed by atoms with Gasteiger partial charge in [0, 0.05) is 13.2 Å². The summed E-state index contributed by atoms with van der Waals surface area (Å²) >= 11 is 0. The summed E-state index contributed by atoms with van der Waals surface area (Å²) in [5.41, 5.74) is 2.24. The third-order valence-corrected chi connectivity index (χ3v) is 2.39. The lowest BCUT2D eigenvalue weighted by Crippen LogP contribution is -2.14. The van der Waals surface area contributed by atoms with Crippen LogP contribution in [0.4, 0.5) is 0 Å². The first kappa shape index (κ1) is 13.1. The van der Waals surface area contributed by atoms with Crippen LogP contribution in [0.15, 0.2) is 0 Å². The maximum Gasteiger partial charge on any atom is 0.0999 e. The molecule has 0 spiro atoms. The van der Waals surface area contributed by atoms with Crippen LogP contribution in [-0.2, 0) is 17.8 Å². The fourth-order valence-electron chi connectivity index (χ4n) is 1.74. The van der Waals surface area contributed by atoms with Gasteiger partial charge in [0.05, 0.1) is 24.5 Å². The first-order valence-electron chi connectivity index (χ1n) is 5.85. The number of nitrogens with zero attached hydrogens (tertiary/aromatic N) is 3. The van der Waals surface area contributed by atoms with Crippen molar-refractivity contribution in [1.82, 2.24) is 20.3 Å². The van der Waals surface area contributed by atoms with Crippen LogP contribution in [-0.4, -0.2) is 35.3 Å². The van der Waals surface area contributed by atoms with E-state index in [9.17, 15) is 0 Å². The summed E-state index contributed by atoms with van der Waals surface area (Å²) in [6.07, 6.45) is 0. The number of nitrogens with one attached hydrogen (secondary N) is 1. The van der Waals surface area contributed by atoms with E-state index in [1.54, 1.807) is 0 Å². The number of ether oxygens (including phenoxy) is 1. The molecule has 0 saturated heterocycles. The highest BCUT2D eigenvalue weighted by Gasteiger charge is 2.14. The number of rotatable bonds is 7. The second-order valence-electron chi connectivity index (χ2n) is 4.03. The summed E-state index contributed by atoms with van der Waals surface area (Å²) in [6.45, 7) is 9.30. The van der Waals surface area contributed by atoms with Gasteiger partial charge in [-0.15, -0.1) is 5.10 Å². The number of hydrogen-bond donors (Lipinski definition) is 1. The van der Waals surface area contributed by atoms with E-state index < -0.39 is 0 Å². The molecule has 5 nitrogen and oxygen atoms in total. The molecule has 0 atom stereocenters. The van der Waals surface area contributed by atoms with Crippen molar-refractivity contribution in [3.05, 3.63) is 11.4 Å². The summed E-state index contributed by atoms with van der Waals surface area (Å²) < 4.78 is 7.29. The zero-order valence-electron chi connectivity index (χ0n) is 10.7. The molecule has 1 rings (SSSR count). The van der Waals surface area contributed by atoms with E-state index in [1.807, 2.05) is 18.7 Å². The van der Waals surface area contributed by atoms with Gasteiger partial charge in [0.15, 0.2) is 0 Å². The topological polar surface area (TPSA) is 52.0 Å². The van der Waals surface area contributed by atoms with Crippen LogP contribution in [0.25, 0.3) is 0 Å². The maximum absolute atomic E-state index is 5.34. The summed E-state index contributed by atoms with van der Waals surface area (Å²) in [7, 11) is 1.92. The normalized spacial score (nSPS) is 11.3. The van der Waals surface area contributed by atoms with Gasteiger partial charge in [0.1, 0.15) is 0 Å². The number of hydrogen-bond acceptors (Lipinski definition) is 4. The molecule has 5 heteroatoms. The Labute approximate surface area is 97.2 Å². The van der Waals surface area contributed by atoms with Gasteiger partial charge in [-0.2, -0.15) is 0 Å². The fourth-order valence-corrected chi connectivity index (χ4v) is 1.74. The van der Waals surface area contributed by atoms with Crippen molar-refractivity contribution in [2.45, 2.75) is 39.8 Å². The minimum Gasteiger partial charge on any atom is -0.380 e. The summed E-state index contributed by atoms with van der Waals surface area (Å²) in [5.74, 6) is 0.431. The van der Waals surface area contributed by atoms with Crippen LogP contribution >= 0.6 is 0 Å². The number of aromatic nitrogens is 3. The van der Waals surface area contributed by atoms with Crippen LogP contribution < -0.4 is 5.32 Å². The lowest BCUT2D eigenvalue weighted by molar-refractivity contribution is 0.135. The SMILES string of the molecule is CCOCCn1nnc(CNC)c1C(C)C. The third-order valence-electron chi connectivity index (χ3n) is 2.39. The summed E-state index contributed by atoms with van der Waals surface area (Å²) in [4.78, 5) is 0. The third kappa shape index (κ3) is 3.28. The Hall–Kier alpha value is -0.940. The van der Waals surface area contributed by atoms with Gasteiger partial charge in [0.2, 0.25) is 0 Å². The first-order chi connectivity index (χ1) is 7.70. The monoisotopic (exact) mass is 226 g/mol. The first-order valence-corrected chi connectivity index (χ1v) is 5.85. The molecule has 1 aromatic rings. The molecule has 0 aliphatic carbocycles. The highest BCUT2D eigenvalue weighted by molar-refractivity contribution is 5.14. The highest BCUT2D eigenvalue weighted by atomic mass is 16.5. The fraction of sp³-hybridized carbons (Fsp3) is 0.818. The van der Waals surface area contributed by atoms with Gasteiger partial charge in [0.25, 0.3) is 0 Å². The predicted octanol–water partition coefficient (Wildman–Crippen LogP) is 1.16. The van der Waals surface area contributed by atoms with E-state index in [4.69, 9.17) is 4.74 Å². The molecule has 0 aliphatic rings. The lowest BCUT2D eigenvalue weighted by Gasteiger charge is -2.10. The predicted molar refractivity (Wildman–Crippen MR) is 63.4 cm³/mol. The van der Waals surface area contributed by atoms with Crippen molar-refractivity contribution >= 4 is 0 Å². The Bertz CT molecular complexity index is 309. The van der Waals surface area contributed by atoms with E-state index in [0.29, 0.717) is 12.5 Å². The molecule has 1 N–H and O–H groups in total. The van der Waals surface area contributed by atoms with Gasteiger partial charge >= 0.3 is 0 Å². The van der Waals surface area contributed by atoms with Crippen LogP contribution in [0.1, 0.15) is 38.1 Å². The second-order valence-corrected chi connectivity index (χ2v) is 4.03. The molecular weight excluding hydrogens is 204 g/mol. The molecular formula is C11H22N4O. The lowest BCUT2D eigenvalue weighted by atomic mass is 10.1. The second kappa shape index (κ2) is 6.60. The van der Waals surface area contributed by atoms with Gasteiger partial charge in [-0.05, 0) is 19.9 Å². The summed E-state index contributed by atoms with van der Waals surface area (Å²) in [6, 6.07) is 0. The molecule has 0 radical (unpaired) electrons. The van der Waals surface area contributed by atoms with E-state index in [2.05, 4.69) is 29.5 Å². The Morgan fingerprint density at radius 2 is 2.19 bits per heavy atom. The Balaban J connectivity index is 2.74. The average Bonchev–Trinajstić information content (AvgIpc) is 2.62. The minimum atomic E-state index is 0.431. The van der Waals surface area contributed by atoms with Crippen molar-refractivity contribution in [3.8, 4) is 0 Å². The van der Waals surface area contributed by atoms with Gasteiger partial charge < -0.3 is 10.1 Å².